The van der Waals surface area contributed by atoms with Crippen molar-refractivity contribution in [3.63, 3.8) is 0 Å². The molecule has 0 radical (unpaired) electrons. The Bertz CT molecular complexity index is 1070. The third-order valence-electron chi connectivity index (χ3n) is 4.49. The highest BCUT2D eigenvalue weighted by Gasteiger charge is 2.17. The molecule has 0 unspecified atom stereocenters. The molecule has 4 rings (SSSR count). The largest absolute Gasteiger partial charge is 0.467 e. The van der Waals surface area contributed by atoms with Crippen molar-refractivity contribution < 1.29 is 8.94 Å². The molecular formula is C21H22ClN5O2S. The molecule has 0 bridgehead atoms. The standard InChI is InChI=1S/C21H22ClN5O2S/c1-14(2)5-10-18-23-19(29-26-18)13-30-21-25-24-20(15-6-8-16(22)9-7-15)27(21)12-17-4-3-11-28-17/h3-4,6-9,11,14H,5,10,12-13H2,1-2H3. The number of hydrogen-bond acceptors (Lipinski definition) is 7. The summed E-state index contributed by atoms with van der Waals surface area (Å²) in [4.78, 5) is 4.49. The molecular weight excluding hydrogens is 422 g/mol. The van der Waals surface area contributed by atoms with Crippen LogP contribution in [0.5, 0.6) is 0 Å². The second-order valence-electron chi connectivity index (χ2n) is 7.30. The van der Waals surface area contributed by atoms with Crippen LogP contribution in [0.4, 0.5) is 0 Å². The van der Waals surface area contributed by atoms with E-state index in [9.17, 15) is 0 Å². The molecule has 0 saturated carbocycles. The molecule has 9 heteroatoms. The molecule has 3 heterocycles. The molecule has 156 valence electrons. The van der Waals surface area contributed by atoms with E-state index in [1.165, 1.54) is 11.8 Å². The molecule has 0 spiro atoms. The summed E-state index contributed by atoms with van der Waals surface area (Å²) in [7, 11) is 0. The van der Waals surface area contributed by atoms with Gasteiger partial charge in [-0.1, -0.05) is 42.4 Å². The predicted octanol–water partition coefficient (Wildman–Crippen LogP) is 5.50. The molecule has 0 aliphatic rings. The van der Waals surface area contributed by atoms with Crippen LogP contribution >= 0.6 is 23.4 Å². The van der Waals surface area contributed by atoms with Gasteiger partial charge in [-0.15, -0.1) is 10.2 Å². The molecule has 0 atom stereocenters. The van der Waals surface area contributed by atoms with Crippen LogP contribution in [0.3, 0.4) is 0 Å². The van der Waals surface area contributed by atoms with E-state index in [0.717, 1.165) is 41.0 Å². The Morgan fingerprint density at radius 1 is 1.13 bits per heavy atom. The number of thioether (sulfide) groups is 1. The number of rotatable bonds is 9. The van der Waals surface area contributed by atoms with Gasteiger partial charge in [0.2, 0.25) is 5.89 Å². The predicted molar refractivity (Wildman–Crippen MR) is 115 cm³/mol. The van der Waals surface area contributed by atoms with Crippen molar-refractivity contribution in [3.8, 4) is 11.4 Å². The third-order valence-corrected chi connectivity index (χ3v) is 5.70. The highest BCUT2D eigenvalue weighted by Crippen LogP contribution is 2.28. The van der Waals surface area contributed by atoms with E-state index >= 15 is 0 Å². The average molecular weight is 444 g/mol. The first-order valence-electron chi connectivity index (χ1n) is 9.74. The van der Waals surface area contributed by atoms with Gasteiger partial charge in [0.25, 0.3) is 0 Å². The Balaban J connectivity index is 1.53. The van der Waals surface area contributed by atoms with Crippen LogP contribution in [0.25, 0.3) is 11.4 Å². The van der Waals surface area contributed by atoms with Gasteiger partial charge >= 0.3 is 0 Å². The van der Waals surface area contributed by atoms with E-state index in [0.29, 0.717) is 29.1 Å². The lowest BCUT2D eigenvalue weighted by atomic mass is 10.1. The first-order valence-corrected chi connectivity index (χ1v) is 11.1. The fourth-order valence-corrected chi connectivity index (χ4v) is 3.80. The molecule has 7 nitrogen and oxygen atoms in total. The SMILES string of the molecule is CC(C)CCc1noc(CSc2nnc(-c3ccc(Cl)cc3)n2Cc2ccco2)n1. The lowest BCUT2D eigenvalue weighted by molar-refractivity contribution is 0.383. The van der Waals surface area contributed by atoms with E-state index in [4.69, 9.17) is 20.5 Å². The van der Waals surface area contributed by atoms with Crippen LogP contribution < -0.4 is 0 Å². The number of benzene rings is 1. The molecule has 0 amide bonds. The second kappa shape index (κ2) is 9.49. The van der Waals surface area contributed by atoms with Crippen LogP contribution in [0.2, 0.25) is 5.02 Å². The van der Waals surface area contributed by atoms with Crippen molar-refractivity contribution in [2.75, 3.05) is 0 Å². The lowest BCUT2D eigenvalue weighted by Gasteiger charge is -2.08. The zero-order valence-corrected chi connectivity index (χ0v) is 18.4. The fourth-order valence-electron chi connectivity index (χ4n) is 2.90. The van der Waals surface area contributed by atoms with Gasteiger partial charge in [0.1, 0.15) is 5.76 Å². The molecule has 4 aromatic rings. The highest BCUT2D eigenvalue weighted by atomic mass is 35.5. The van der Waals surface area contributed by atoms with E-state index in [-0.39, 0.29) is 0 Å². The zero-order valence-electron chi connectivity index (χ0n) is 16.8. The van der Waals surface area contributed by atoms with Gasteiger partial charge in [0.15, 0.2) is 16.8 Å². The van der Waals surface area contributed by atoms with Gasteiger partial charge in [0.05, 0.1) is 18.6 Å². The molecule has 0 fully saturated rings. The van der Waals surface area contributed by atoms with Crippen LogP contribution in [0.15, 0.2) is 56.8 Å². The maximum atomic E-state index is 6.03. The first-order chi connectivity index (χ1) is 14.6. The van der Waals surface area contributed by atoms with Crippen molar-refractivity contribution in [1.29, 1.82) is 0 Å². The molecule has 3 aromatic heterocycles. The average Bonchev–Trinajstić information content (AvgIpc) is 3.48. The summed E-state index contributed by atoms with van der Waals surface area (Å²) in [6.45, 7) is 4.88. The summed E-state index contributed by atoms with van der Waals surface area (Å²) < 4.78 is 12.9. The van der Waals surface area contributed by atoms with E-state index in [2.05, 4.69) is 34.2 Å². The zero-order chi connectivity index (χ0) is 20.9. The Morgan fingerprint density at radius 3 is 2.70 bits per heavy atom. The van der Waals surface area contributed by atoms with Crippen molar-refractivity contribution in [2.24, 2.45) is 5.92 Å². The second-order valence-corrected chi connectivity index (χ2v) is 8.68. The maximum Gasteiger partial charge on any atom is 0.237 e. The molecule has 1 aromatic carbocycles. The minimum atomic E-state index is 0.518. The van der Waals surface area contributed by atoms with Crippen molar-refractivity contribution in [1.82, 2.24) is 24.9 Å². The molecule has 0 N–H and O–H groups in total. The summed E-state index contributed by atoms with van der Waals surface area (Å²) in [6.07, 6.45) is 3.51. The van der Waals surface area contributed by atoms with Crippen LogP contribution in [0, 0.1) is 5.92 Å². The number of aryl methyl sites for hydroxylation is 1. The number of halogens is 1. The molecule has 0 aliphatic carbocycles. The van der Waals surface area contributed by atoms with Crippen molar-refractivity contribution in [3.05, 3.63) is 65.2 Å². The monoisotopic (exact) mass is 443 g/mol. The van der Waals surface area contributed by atoms with Crippen molar-refractivity contribution in [2.45, 2.75) is 44.1 Å². The summed E-state index contributed by atoms with van der Waals surface area (Å²) in [5.41, 5.74) is 0.930. The third kappa shape index (κ3) is 5.12. The van der Waals surface area contributed by atoms with Gasteiger partial charge in [-0.25, -0.2) is 0 Å². The van der Waals surface area contributed by atoms with Gasteiger partial charge in [-0.2, -0.15) is 4.98 Å². The summed E-state index contributed by atoms with van der Waals surface area (Å²) in [5, 5.41) is 14.3. The molecule has 30 heavy (non-hydrogen) atoms. The van der Waals surface area contributed by atoms with E-state index < -0.39 is 0 Å². The summed E-state index contributed by atoms with van der Waals surface area (Å²) in [5.74, 6) is 4.02. The number of hydrogen-bond donors (Lipinski definition) is 0. The topological polar surface area (TPSA) is 82.8 Å². The Labute approximate surface area is 183 Å². The van der Waals surface area contributed by atoms with Crippen molar-refractivity contribution >= 4 is 23.4 Å². The van der Waals surface area contributed by atoms with E-state index in [1.807, 2.05) is 41.0 Å². The maximum absolute atomic E-state index is 6.03. The summed E-state index contributed by atoms with van der Waals surface area (Å²) in [6, 6.07) is 11.3. The van der Waals surface area contributed by atoms with Gasteiger partial charge < -0.3 is 8.94 Å². The first kappa shape index (κ1) is 20.7. The Hall–Kier alpha value is -2.58. The minimum Gasteiger partial charge on any atom is -0.467 e. The fraction of sp³-hybridized carbons (Fsp3) is 0.333. The number of aromatic nitrogens is 5. The smallest absolute Gasteiger partial charge is 0.237 e. The van der Waals surface area contributed by atoms with E-state index in [1.54, 1.807) is 6.26 Å². The Kier molecular flexibility index (Phi) is 6.54. The van der Waals surface area contributed by atoms with Crippen LogP contribution in [0.1, 0.15) is 37.7 Å². The lowest BCUT2D eigenvalue weighted by Crippen LogP contribution is -2.03. The number of furan rings is 1. The van der Waals surface area contributed by atoms with Crippen LogP contribution in [-0.2, 0) is 18.7 Å². The highest BCUT2D eigenvalue weighted by molar-refractivity contribution is 7.98. The van der Waals surface area contributed by atoms with Gasteiger partial charge in [0, 0.05) is 17.0 Å². The normalized spacial score (nSPS) is 11.5. The summed E-state index contributed by atoms with van der Waals surface area (Å²) >= 11 is 7.54. The Morgan fingerprint density at radius 2 is 1.97 bits per heavy atom. The van der Waals surface area contributed by atoms with Gasteiger partial charge in [-0.05, 0) is 48.7 Å². The molecule has 0 saturated heterocycles. The molecule has 0 aliphatic heterocycles. The van der Waals surface area contributed by atoms with Crippen LogP contribution in [-0.4, -0.2) is 24.9 Å². The number of nitrogens with zero attached hydrogens (tertiary/aromatic N) is 5. The van der Waals surface area contributed by atoms with Gasteiger partial charge in [-0.3, -0.25) is 4.57 Å². The minimum absolute atomic E-state index is 0.518. The quantitative estimate of drug-likeness (QED) is 0.315.